The quantitative estimate of drug-likeness (QED) is 0.0798. The number of hydrogen-bond acceptors (Lipinski definition) is 6. The van der Waals surface area contributed by atoms with Gasteiger partial charge in [-0.2, -0.15) is 0 Å². The van der Waals surface area contributed by atoms with Crippen LogP contribution in [0.25, 0.3) is 0 Å². The first-order valence-electron chi connectivity index (χ1n) is 28.5. The van der Waals surface area contributed by atoms with Gasteiger partial charge >= 0.3 is 14.4 Å². The van der Waals surface area contributed by atoms with Crippen LogP contribution in [0.4, 0.5) is 31.5 Å². The van der Waals surface area contributed by atoms with Gasteiger partial charge in [-0.3, -0.25) is 0 Å². The Balaban J connectivity index is 0.000000221. The number of para-hydroxylation sites is 4. The molecule has 0 spiro atoms. The largest absolute Gasteiger partial charge is 0.548 e. The summed E-state index contributed by atoms with van der Waals surface area (Å²) in [6, 6.07) is 40.3. The molecule has 0 aromatic heterocycles. The third-order valence-electron chi connectivity index (χ3n) is 15.4. The predicted octanol–water partition coefficient (Wildman–Crippen LogP) is 17.7. The van der Waals surface area contributed by atoms with Gasteiger partial charge in [0, 0.05) is 48.9 Å². The van der Waals surface area contributed by atoms with Crippen molar-refractivity contribution in [3.05, 3.63) is 189 Å². The maximum absolute atomic E-state index is 13.6. The molecular weight excluding hydrogens is 940 g/mol. The van der Waals surface area contributed by atoms with Crippen molar-refractivity contribution in [2.45, 2.75) is 171 Å². The minimum absolute atomic E-state index is 0.224. The fourth-order valence-electron chi connectivity index (χ4n) is 11.3. The van der Waals surface area contributed by atoms with Crippen molar-refractivity contribution in [3.8, 4) is 0 Å². The van der Waals surface area contributed by atoms with Crippen LogP contribution in [0.15, 0.2) is 121 Å². The van der Waals surface area contributed by atoms with Crippen molar-refractivity contribution in [2.75, 3.05) is 45.4 Å². The van der Waals surface area contributed by atoms with Crippen molar-refractivity contribution in [2.24, 2.45) is 0 Å². The molecular formula is C66H88B2F2N4O2. The first kappa shape index (κ1) is 58.1. The number of halogens is 2. The van der Waals surface area contributed by atoms with Gasteiger partial charge in [0.25, 0.3) is 0 Å². The standard InChI is InChI=1S/2C33H44BFN2O/c2*1-22(2)28-11-9-12-29(23(3)4)32(28)36-19-20-37(34(36)38-21-26-15-17-27(35)18-16-26)33-30(24(5)6)13-10-14-31(33)25(7)8/h2*9-18,22-25H,19-21H2,1-8H3. The molecule has 8 rings (SSSR count). The van der Waals surface area contributed by atoms with Crippen LogP contribution in [0.5, 0.6) is 0 Å². The van der Waals surface area contributed by atoms with Crippen molar-refractivity contribution >= 4 is 37.1 Å². The van der Waals surface area contributed by atoms with Gasteiger partial charge in [-0.15, -0.1) is 0 Å². The zero-order valence-electron chi connectivity index (χ0n) is 48.9. The average molecular weight is 1030 g/mol. The first-order chi connectivity index (χ1) is 36.2. The van der Waals surface area contributed by atoms with Crippen molar-refractivity contribution < 1.29 is 18.1 Å². The second-order valence-corrected chi connectivity index (χ2v) is 23.7. The van der Waals surface area contributed by atoms with E-state index >= 15 is 0 Å². The minimum atomic E-state index is -0.269. The zero-order valence-corrected chi connectivity index (χ0v) is 48.9. The fourth-order valence-corrected chi connectivity index (χ4v) is 11.3. The lowest BCUT2D eigenvalue weighted by Crippen LogP contribution is -2.48. The minimum Gasteiger partial charge on any atom is -0.393 e. The van der Waals surface area contributed by atoms with Crippen molar-refractivity contribution in [1.29, 1.82) is 0 Å². The first-order valence-corrected chi connectivity index (χ1v) is 28.5. The van der Waals surface area contributed by atoms with Gasteiger partial charge in [-0.25, -0.2) is 8.78 Å². The average Bonchev–Trinajstić information content (AvgIpc) is 4.01. The Morgan fingerprint density at radius 2 is 0.500 bits per heavy atom. The van der Waals surface area contributed by atoms with Gasteiger partial charge in [0.15, 0.2) is 0 Å². The Labute approximate surface area is 458 Å². The third-order valence-corrected chi connectivity index (χ3v) is 15.4. The summed E-state index contributed by atoms with van der Waals surface area (Å²) in [7, 11) is -0.537. The maximum Gasteiger partial charge on any atom is 0.548 e. The molecule has 76 heavy (non-hydrogen) atoms. The molecule has 404 valence electrons. The summed E-state index contributed by atoms with van der Waals surface area (Å²) in [4.78, 5) is 9.93. The smallest absolute Gasteiger partial charge is 0.393 e. The van der Waals surface area contributed by atoms with E-state index in [9.17, 15) is 8.78 Å². The zero-order chi connectivity index (χ0) is 55.1. The number of benzene rings is 6. The molecule has 0 amide bonds. The van der Waals surface area contributed by atoms with Crippen LogP contribution >= 0.6 is 0 Å². The molecule has 0 bridgehead atoms. The molecule has 10 heteroatoms. The lowest BCUT2D eigenvalue weighted by Gasteiger charge is -2.35. The van der Waals surface area contributed by atoms with E-state index in [1.807, 2.05) is 24.3 Å². The molecule has 6 nitrogen and oxygen atoms in total. The molecule has 2 saturated heterocycles. The number of nitrogens with zero attached hydrogens (tertiary/aromatic N) is 4. The second kappa shape index (κ2) is 25.7. The van der Waals surface area contributed by atoms with Gasteiger partial charge in [0.05, 0.1) is 13.2 Å². The van der Waals surface area contributed by atoms with Crippen LogP contribution in [0, 0.1) is 11.6 Å². The molecule has 0 N–H and O–H groups in total. The van der Waals surface area contributed by atoms with E-state index < -0.39 is 0 Å². The lowest BCUT2D eigenvalue weighted by atomic mass is 9.84. The molecule has 6 aromatic carbocycles. The molecule has 2 heterocycles. The van der Waals surface area contributed by atoms with Gasteiger partial charge in [-0.1, -0.05) is 208 Å². The Hall–Kier alpha value is -5.57. The second-order valence-electron chi connectivity index (χ2n) is 23.7. The monoisotopic (exact) mass is 1030 g/mol. The number of anilines is 4. The van der Waals surface area contributed by atoms with Crippen LogP contribution in [-0.2, 0) is 22.5 Å². The summed E-state index contributed by atoms with van der Waals surface area (Å²) >= 11 is 0. The highest BCUT2D eigenvalue weighted by molar-refractivity contribution is 6.63. The van der Waals surface area contributed by atoms with E-state index in [0.717, 1.165) is 37.3 Å². The Bertz CT molecular complexity index is 2390. The van der Waals surface area contributed by atoms with E-state index in [1.54, 1.807) is 0 Å². The predicted molar refractivity (Wildman–Crippen MR) is 322 cm³/mol. The molecule has 2 aliphatic rings. The molecule has 0 unspecified atom stereocenters. The summed E-state index contributed by atoms with van der Waals surface area (Å²) in [6.45, 7) is 40.7. The molecule has 2 aliphatic heterocycles. The van der Waals surface area contributed by atoms with Crippen molar-refractivity contribution in [3.63, 3.8) is 0 Å². The number of hydrogen-bond donors (Lipinski definition) is 0. The third kappa shape index (κ3) is 13.0. The van der Waals surface area contributed by atoms with E-state index in [-0.39, 0.29) is 26.0 Å². The summed E-state index contributed by atoms with van der Waals surface area (Å²) in [5, 5.41) is 0. The van der Waals surface area contributed by atoms with Crippen LogP contribution in [-0.4, -0.2) is 40.5 Å². The van der Waals surface area contributed by atoms with E-state index in [4.69, 9.17) is 9.31 Å². The van der Waals surface area contributed by atoms with Crippen LogP contribution in [0.2, 0.25) is 0 Å². The lowest BCUT2D eigenvalue weighted by molar-refractivity contribution is 0.307. The highest BCUT2D eigenvalue weighted by atomic mass is 19.1. The summed E-state index contributed by atoms with van der Waals surface area (Å²) in [6.07, 6.45) is 0. The molecule has 0 saturated carbocycles. The normalized spacial score (nSPS) is 14.2. The van der Waals surface area contributed by atoms with E-state index in [1.165, 1.54) is 91.5 Å². The van der Waals surface area contributed by atoms with Crippen LogP contribution in [0.1, 0.15) is 214 Å². The Morgan fingerprint density at radius 1 is 0.316 bits per heavy atom. The van der Waals surface area contributed by atoms with Crippen molar-refractivity contribution in [1.82, 2.24) is 0 Å². The highest BCUT2D eigenvalue weighted by Gasteiger charge is 2.45. The molecule has 0 radical (unpaired) electrons. The summed E-state index contributed by atoms with van der Waals surface area (Å²) in [5.74, 6) is 2.70. The van der Waals surface area contributed by atoms with E-state index in [0.29, 0.717) is 60.6 Å². The molecule has 0 atom stereocenters. The topological polar surface area (TPSA) is 31.4 Å². The Morgan fingerprint density at radius 3 is 0.671 bits per heavy atom. The summed E-state index contributed by atoms with van der Waals surface area (Å²) in [5.41, 5.74) is 18.0. The van der Waals surface area contributed by atoms with Gasteiger partial charge in [0.2, 0.25) is 0 Å². The SMILES string of the molecule is CC(C)c1cccc(C(C)C)c1N1CCN(c2c(C(C)C)cccc2C(C)C)B1OCc1ccc(F)cc1.CC(C)c1cccc(C(C)C)c1N1CCN(c2c(C(C)C)cccc2C(C)C)B1OCc1ccc(F)cc1. The maximum atomic E-state index is 13.6. The van der Waals surface area contributed by atoms with Gasteiger partial charge in [0.1, 0.15) is 11.6 Å². The fraction of sp³-hybridized carbons (Fsp3) is 0.455. The summed E-state index contributed by atoms with van der Waals surface area (Å²) < 4.78 is 40.9. The van der Waals surface area contributed by atoms with E-state index in [2.05, 4.69) is 203 Å². The van der Waals surface area contributed by atoms with Gasteiger partial charge in [-0.05, 0) is 127 Å². The van der Waals surface area contributed by atoms with Crippen LogP contribution < -0.4 is 19.2 Å². The number of rotatable bonds is 18. The van der Waals surface area contributed by atoms with Gasteiger partial charge < -0.3 is 28.6 Å². The molecule has 2 fully saturated rings. The van der Waals surface area contributed by atoms with Crippen LogP contribution in [0.3, 0.4) is 0 Å². The molecule has 0 aliphatic carbocycles. The highest BCUT2D eigenvalue weighted by Crippen LogP contribution is 2.44. The molecule has 6 aromatic rings. The Kier molecular flexibility index (Phi) is 19.7.